The Kier molecular flexibility index (Phi) is 4.37. The van der Waals surface area contributed by atoms with Crippen molar-refractivity contribution >= 4 is 11.9 Å². The number of aryl methyl sites for hydroxylation is 1. The van der Waals surface area contributed by atoms with Gasteiger partial charge in [0.1, 0.15) is 5.69 Å². The third kappa shape index (κ3) is 2.81. The Hall–Kier alpha value is -1.91. The van der Waals surface area contributed by atoms with Crippen LogP contribution in [-0.2, 0) is 0 Å². The first-order chi connectivity index (χ1) is 9.54. The van der Waals surface area contributed by atoms with E-state index in [4.69, 9.17) is 5.11 Å². The Bertz CT molecular complexity index is 522. The fourth-order valence-corrected chi connectivity index (χ4v) is 2.84. The molecule has 1 aromatic heterocycles. The average Bonchev–Trinajstić information content (AvgIpc) is 2.92. The first-order valence-electron chi connectivity index (χ1n) is 7.06. The lowest BCUT2D eigenvalue weighted by atomic mass is 10.1. The lowest BCUT2D eigenvalue weighted by Crippen LogP contribution is -2.39. The fourth-order valence-electron chi connectivity index (χ4n) is 2.84. The minimum absolute atomic E-state index is 0.0977. The van der Waals surface area contributed by atoms with Crippen molar-refractivity contribution in [1.29, 1.82) is 0 Å². The predicted molar refractivity (Wildman–Crippen MR) is 74.9 cm³/mol. The number of carboxylic acid groups (broad SMARTS) is 1. The highest BCUT2D eigenvalue weighted by Crippen LogP contribution is 2.24. The fraction of sp³-hybridized carbons (Fsp3) is 0.533. The Morgan fingerprint density at radius 2 is 2.00 bits per heavy atom. The minimum atomic E-state index is -1.02. The summed E-state index contributed by atoms with van der Waals surface area (Å²) in [5.41, 5.74) is 0.859. The molecule has 20 heavy (non-hydrogen) atoms. The van der Waals surface area contributed by atoms with Crippen molar-refractivity contribution in [3.8, 4) is 0 Å². The number of carbonyl (C=O) groups is 2. The highest BCUT2D eigenvalue weighted by atomic mass is 16.4. The van der Waals surface area contributed by atoms with Gasteiger partial charge in [-0.3, -0.25) is 4.79 Å². The maximum atomic E-state index is 12.5. The van der Waals surface area contributed by atoms with Crippen LogP contribution < -0.4 is 0 Å². The van der Waals surface area contributed by atoms with Gasteiger partial charge in [0, 0.05) is 12.6 Å². The summed E-state index contributed by atoms with van der Waals surface area (Å²) in [6.07, 6.45) is 4.43. The van der Waals surface area contributed by atoms with Gasteiger partial charge in [-0.2, -0.15) is 0 Å². The zero-order valence-corrected chi connectivity index (χ0v) is 11.9. The Balaban J connectivity index is 2.23. The van der Waals surface area contributed by atoms with Crippen molar-refractivity contribution in [1.82, 2.24) is 9.88 Å². The van der Waals surface area contributed by atoms with Crippen molar-refractivity contribution in [2.75, 3.05) is 6.54 Å². The van der Waals surface area contributed by atoms with Crippen LogP contribution in [-0.4, -0.2) is 39.5 Å². The Morgan fingerprint density at radius 3 is 2.50 bits per heavy atom. The lowest BCUT2D eigenvalue weighted by molar-refractivity contribution is 0.0674. The molecule has 1 fully saturated rings. The van der Waals surface area contributed by atoms with E-state index < -0.39 is 5.97 Å². The molecule has 0 saturated heterocycles. The zero-order chi connectivity index (χ0) is 14.7. The molecule has 1 amide bonds. The molecule has 0 aromatic carbocycles. The highest BCUT2D eigenvalue weighted by molar-refractivity contribution is 5.94. The number of pyridine rings is 1. The second-order valence-electron chi connectivity index (χ2n) is 5.16. The van der Waals surface area contributed by atoms with Gasteiger partial charge < -0.3 is 10.0 Å². The van der Waals surface area contributed by atoms with Gasteiger partial charge >= 0.3 is 5.97 Å². The van der Waals surface area contributed by atoms with Crippen LogP contribution in [0.3, 0.4) is 0 Å². The maximum Gasteiger partial charge on any atom is 0.337 e. The van der Waals surface area contributed by atoms with Crippen molar-refractivity contribution in [2.24, 2.45) is 0 Å². The average molecular weight is 276 g/mol. The number of hydrogen-bond acceptors (Lipinski definition) is 3. The van der Waals surface area contributed by atoms with Crippen molar-refractivity contribution in [2.45, 2.75) is 45.6 Å². The smallest absolute Gasteiger partial charge is 0.337 e. The third-order valence-electron chi connectivity index (χ3n) is 3.90. The number of rotatable bonds is 4. The molecule has 0 spiro atoms. The van der Waals surface area contributed by atoms with Crippen LogP contribution in [0.4, 0.5) is 0 Å². The summed E-state index contributed by atoms with van der Waals surface area (Å²) in [6, 6.07) is 3.27. The largest absolute Gasteiger partial charge is 0.478 e. The van der Waals surface area contributed by atoms with Gasteiger partial charge in [0.25, 0.3) is 5.91 Å². The molecule has 1 aliphatic carbocycles. The first kappa shape index (κ1) is 14.5. The van der Waals surface area contributed by atoms with Crippen LogP contribution in [0, 0.1) is 6.92 Å². The number of amides is 1. The molecule has 0 aliphatic heterocycles. The van der Waals surface area contributed by atoms with Gasteiger partial charge in [-0.1, -0.05) is 12.8 Å². The topological polar surface area (TPSA) is 70.5 Å². The molecule has 108 valence electrons. The van der Waals surface area contributed by atoms with Gasteiger partial charge in [-0.05, 0) is 38.8 Å². The normalized spacial score (nSPS) is 15.3. The van der Waals surface area contributed by atoms with Crippen LogP contribution >= 0.6 is 0 Å². The minimum Gasteiger partial charge on any atom is -0.478 e. The summed E-state index contributed by atoms with van der Waals surface area (Å²) < 4.78 is 0. The van der Waals surface area contributed by atoms with Gasteiger partial charge in [-0.25, -0.2) is 9.78 Å². The maximum absolute atomic E-state index is 12.5. The molecule has 1 aliphatic rings. The number of nitrogens with zero attached hydrogens (tertiary/aromatic N) is 2. The summed E-state index contributed by atoms with van der Waals surface area (Å²) in [6.45, 7) is 4.24. The standard InChI is InChI=1S/C15H20N2O3/c1-3-17(11-6-4-5-7-11)14(18)13-9-8-12(15(19)20)10(2)16-13/h8-9,11H,3-7H2,1-2H3,(H,19,20). The predicted octanol–water partition coefficient (Wildman–Crippen LogP) is 2.49. The lowest BCUT2D eigenvalue weighted by Gasteiger charge is -2.27. The first-order valence-corrected chi connectivity index (χ1v) is 7.06. The number of hydrogen-bond donors (Lipinski definition) is 1. The molecule has 0 unspecified atom stereocenters. The van der Waals surface area contributed by atoms with Crippen molar-refractivity contribution in [3.05, 3.63) is 29.1 Å². The van der Waals surface area contributed by atoms with Gasteiger partial charge in [-0.15, -0.1) is 0 Å². The number of carboxylic acids is 1. The molecule has 0 atom stereocenters. The van der Waals surface area contributed by atoms with Crippen molar-refractivity contribution < 1.29 is 14.7 Å². The molecule has 2 rings (SSSR count). The van der Waals surface area contributed by atoms with Gasteiger partial charge in [0.2, 0.25) is 0 Å². The van der Waals surface area contributed by atoms with E-state index in [0.29, 0.717) is 24.0 Å². The highest BCUT2D eigenvalue weighted by Gasteiger charge is 2.27. The van der Waals surface area contributed by atoms with E-state index in [1.807, 2.05) is 11.8 Å². The molecule has 5 nitrogen and oxygen atoms in total. The summed E-state index contributed by atoms with van der Waals surface area (Å²) in [5.74, 6) is -1.11. The molecule has 1 heterocycles. The van der Waals surface area contributed by atoms with Crippen LogP contribution in [0.15, 0.2) is 12.1 Å². The molecule has 0 radical (unpaired) electrons. The van der Waals surface area contributed by atoms with E-state index in [1.165, 1.54) is 25.0 Å². The van der Waals surface area contributed by atoms with Crippen LogP contribution in [0.5, 0.6) is 0 Å². The van der Waals surface area contributed by atoms with E-state index in [0.717, 1.165) is 12.8 Å². The van der Waals surface area contributed by atoms with E-state index in [2.05, 4.69) is 4.98 Å². The molecule has 1 saturated carbocycles. The SMILES string of the molecule is CCN(C(=O)c1ccc(C(=O)O)c(C)n1)C1CCCC1. The van der Waals surface area contributed by atoms with E-state index in [-0.39, 0.29) is 11.5 Å². The summed E-state index contributed by atoms with van der Waals surface area (Å²) in [7, 11) is 0. The summed E-state index contributed by atoms with van der Waals surface area (Å²) in [5, 5.41) is 8.99. The summed E-state index contributed by atoms with van der Waals surface area (Å²) >= 11 is 0. The third-order valence-corrected chi connectivity index (χ3v) is 3.90. The van der Waals surface area contributed by atoms with Crippen LogP contribution in [0.25, 0.3) is 0 Å². The van der Waals surface area contributed by atoms with E-state index in [9.17, 15) is 9.59 Å². The van der Waals surface area contributed by atoms with Crippen molar-refractivity contribution in [3.63, 3.8) is 0 Å². The van der Waals surface area contributed by atoms with E-state index >= 15 is 0 Å². The molecule has 5 heteroatoms. The Labute approximate surface area is 118 Å². The molecule has 0 bridgehead atoms. The number of carbonyl (C=O) groups excluding carboxylic acids is 1. The zero-order valence-electron chi connectivity index (χ0n) is 11.9. The van der Waals surface area contributed by atoms with E-state index in [1.54, 1.807) is 6.92 Å². The quantitative estimate of drug-likeness (QED) is 0.917. The van der Waals surface area contributed by atoms with Gasteiger partial charge in [0.05, 0.1) is 11.3 Å². The monoisotopic (exact) mass is 276 g/mol. The molecule has 1 aromatic rings. The number of aromatic carboxylic acids is 1. The van der Waals surface area contributed by atoms with Gasteiger partial charge in [0.15, 0.2) is 0 Å². The summed E-state index contributed by atoms with van der Waals surface area (Å²) in [4.78, 5) is 29.5. The second kappa shape index (κ2) is 6.03. The molecular formula is C15H20N2O3. The van der Waals surface area contributed by atoms with Crippen LogP contribution in [0.1, 0.15) is 59.1 Å². The molecular weight excluding hydrogens is 256 g/mol. The number of aromatic nitrogens is 1. The Morgan fingerprint density at radius 1 is 1.35 bits per heavy atom. The second-order valence-corrected chi connectivity index (χ2v) is 5.16. The molecule has 1 N–H and O–H groups in total. The van der Waals surface area contributed by atoms with Crippen LogP contribution in [0.2, 0.25) is 0 Å².